The molecule has 2 amide bonds. The fraction of sp³-hybridized carbons (Fsp3) is 0.438. The number of nitrogens with one attached hydrogen (secondary N) is 2. The number of ether oxygens (including phenoxy) is 1. The lowest BCUT2D eigenvalue weighted by molar-refractivity contribution is -0.138. The van der Waals surface area contributed by atoms with E-state index in [1.54, 1.807) is 20.8 Å². The molecule has 0 saturated carbocycles. The van der Waals surface area contributed by atoms with Crippen LogP contribution in [0.2, 0.25) is 0 Å². The Bertz CT molecular complexity index is 700. The summed E-state index contributed by atoms with van der Waals surface area (Å²) < 4.78 is 44.1. The van der Waals surface area contributed by atoms with Crippen molar-refractivity contribution in [2.45, 2.75) is 32.5 Å². The van der Waals surface area contributed by atoms with Crippen LogP contribution in [0, 0.1) is 0 Å². The van der Waals surface area contributed by atoms with E-state index in [1.807, 2.05) is 0 Å². The van der Waals surface area contributed by atoms with E-state index in [2.05, 4.69) is 26.6 Å². The number of benzene rings is 1. The normalized spacial score (nSPS) is 11.7. The zero-order chi connectivity index (χ0) is 20.1. The second kappa shape index (κ2) is 8.52. The van der Waals surface area contributed by atoms with E-state index >= 15 is 0 Å². The highest BCUT2D eigenvalue weighted by Crippen LogP contribution is 2.34. The van der Waals surface area contributed by atoms with Crippen LogP contribution in [0.5, 0.6) is 0 Å². The highest BCUT2D eigenvalue weighted by molar-refractivity contribution is 9.10. The zero-order valence-electron chi connectivity index (χ0n) is 14.3. The summed E-state index contributed by atoms with van der Waals surface area (Å²) in [4.78, 5) is 35.0. The minimum atomic E-state index is -4.71. The quantitative estimate of drug-likeness (QED) is 0.690. The maximum atomic E-state index is 13.0. The van der Waals surface area contributed by atoms with E-state index in [1.165, 1.54) is 6.07 Å². The first-order valence-corrected chi connectivity index (χ1v) is 8.22. The molecule has 0 aliphatic rings. The Hall–Kier alpha value is -2.10. The highest BCUT2D eigenvalue weighted by Gasteiger charge is 2.35. The predicted molar refractivity (Wildman–Crippen MR) is 90.7 cm³/mol. The SMILES string of the molecule is CC(C)(C)OC(=O)NCC(=O)NCC(=O)c1ccc(Br)cc1C(F)(F)F. The molecular weight excluding hydrogens is 421 g/mol. The van der Waals surface area contributed by atoms with Gasteiger partial charge in [-0.05, 0) is 39.0 Å². The first-order valence-electron chi connectivity index (χ1n) is 7.43. The van der Waals surface area contributed by atoms with Gasteiger partial charge in [-0.2, -0.15) is 13.2 Å². The number of Topliss-reactive ketones (excluding diaryl/α,β-unsaturated/α-hetero) is 1. The van der Waals surface area contributed by atoms with Crippen molar-refractivity contribution < 1.29 is 32.3 Å². The van der Waals surface area contributed by atoms with Crippen molar-refractivity contribution >= 4 is 33.7 Å². The lowest BCUT2D eigenvalue weighted by Crippen LogP contribution is -2.41. The second-order valence-electron chi connectivity index (χ2n) is 6.24. The summed E-state index contributed by atoms with van der Waals surface area (Å²) >= 11 is 2.92. The van der Waals surface area contributed by atoms with Crippen LogP contribution in [0.4, 0.5) is 18.0 Å². The summed E-state index contributed by atoms with van der Waals surface area (Å²) in [6.07, 6.45) is -5.54. The first kappa shape index (κ1) is 21.9. The number of rotatable bonds is 5. The smallest absolute Gasteiger partial charge is 0.417 e. The number of hydrogen-bond acceptors (Lipinski definition) is 4. The number of hydrogen-bond donors (Lipinski definition) is 2. The van der Waals surface area contributed by atoms with Gasteiger partial charge >= 0.3 is 12.3 Å². The van der Waals surface area contributed by atoms with Crippen LogP contribution < -0.4 is 10.6 Å². The lowest BCUT2D eigenvalue weighted by Gasteiger charge is -2.19. The third-order valence-electron chi connectivity index (χ3n) is 2.83. The fourth-order valence-electron chi connectivity index (χ4n) is 1.80. The number of ketones is 1. The van der Waals surface area contributed by atoms with Crippen LogP contribution in [0.1, 0.15) is 36.7 Å². The number of halogens is 4. The van der Waals surface area contributed by atoms with Gasteiger partial charge in [0.2, 0.25) is 5.91 Å². The average Bonchev–Trinajstić information content (AvgIpc) is 2.48. The van der Waals surface area contributed by atoms with Gasteiger partial charge in [0.05, 0.1) is 12.1 Å². The minimum Gasteiger partial charge on any atom is -0.444 e. The molecule has 0 bridgehead atoms. The molecule has 0 fully saturated rings. The van der Waals surface area contributed by atoms with E-state index < -0.39 is 53.8 Å². The lowest BCUT2D eigenvalue weighted by atomic mass is 10.0. The largest absolute Gasteiger partial charge is 0.444 e. The third-order valence-corrected chi connectivity index (χ3v) is 3.32. The van der Waals surface area contributed by atoms with E-state index in [0.717, 1.165) is 12.1 Å². The summed E-state index contributed by atoms with van der Waals surface area (Å²) in [5.74, 6) is -1.65. The molecule has 0 unspecified atom stereocenters. The van der Waals surface area contributed by atoms with Gasteiger partial charge in [-0.15, -0.1) is 0 Å². The molecule has 2 N–H and O–H groups in total. The number of carbonyl (C=O) groups is 3. The molecule has 0 atom stereocenters. The Kier molecular flexibility index (Phi) is 7.19. The minimum absolute atomic E-state index is 0.173. The molecule has 1 aromatic carbocycles. The van der Waals surface area contributed by atoms with Gasteiger partial charge in [0.1, 0.15) is 12.1 Å². The molecule has 26 heavy (non-hydrogen) atoms. The van der Waals surface area contributed by atoms with Crippen molar-refractivity contribution in [3.8, 4) is 0 Å². The van der Waals surface area contributed by atoms with Crippen LogP contribution in [-0.4, -0.2) is 36.5 Å². The summed E-state index contributed by atoms with van der Waals surface area (Å²) in [6, 6.07) is 3.12. The average molecular weight is 439 g/mol. The molecule has 0 aliphatic heterocycles. The Labute approximate surface area is 156 Å². The molecule has 144 valence electrons. The van der Waals surface area contributed by atoms with Crippen molar-refractivity contribution in [2.24, 2.45) is 0 Å². The van der Waals surface area contributed by atoms with Gasteiger partial charge in [-0.1, -0.05) is 15.9 Å². The van der Waals surface area contributed by atoms with Crippen molar-refractivity contribution in [3.05, 3.63) is 33.8 Å². The molecule has 0 saturated heterocycles. The van der Waals surface area contributed by atoms with Gasteiger partial charge in [-0.25, -0.2) is 4.79 Å². The summed E-state index contributed by atoms with van der Waals surface area (Å²) in [7, 11) is 0. The maximum absolute atomic E-state index is 13.0. The van der Waals surface area contributed by atoms with E-state index in [4.69, 9.17) is 4.74 Å². The number of alkyl halides is 3. The monoisotopic (exact) mass is 438 g/mol. The van der Waals surface area contributed by atoms with Crippen LogP contribution >= 0.6 is 15.9 Å². The molecular formula is C16H18BrF3N2O4. The van der Waals surface area contributed by atoms with Crippen molar-refractivity contribution in [1.82, 2.24) is 10.6 Å². The van der Waals surface area contributed by atoms with Crippen molar-refractivity contribution in [2.75, 3.05) is 13.1 Å². The fourth-order valence-corrected chi connectivity index (χ4v) is 2.16. The topological polar surface area (TPSA) is 84.5 Å². The van der Waals surface area contributed by atoms with Crippen LogP contribution in [0.15, 0.2) is 22.7 Å². The molecule has 1 aromatic rings. The van der Waals surface area contributed by atoms with E-state index in [0.29, 0.717) is 0 Å². The van der Waals surface area contributed by atoms with Gasteiger partial charge in [0.25, 0.3) is 0 Å². The maximum Gasteiger partial charge on any atom is 0.417 e. The molecule has 0 heterocycles. The van der Waals surface area contributed by atoms with Gasteiger partial charge in [-0.3, -0.25) is 9.59 Å². The highest BCUT2D eigenvalue weighted by atomic mass is 79.9. The third kappa shape index (κ3) is 7.42. The van der Waals surface area contributed by atoms with Crippen LogP contribution in [0.3, 0.4) is 0 Å². The van der Waals surface area contributed by atoms with Gasteiger partial charge < -0.3 is 15.4 Å². The molecule has 10 heteroatoms. The van der Waals surface area contributed by atoms with Gasteiger partial charge in [0.15, 0.2) is 5.78 Å². The Morgan fingerprint density at radius 2 is 1.69 bits per heavy atom. The summed E-state index contributed by atoms with van der Waals surface area (Å²) in [5.41, 5.74) is -2.40. The van der Waals surface area contributed by atoms with Crippen molar-refractivity contribution in [1.29, 1.82) is 0 Å². The molecule has 0 spiro atoms. The predicted octanol–water partition coefficient (Wildman–Crippen LogP) is 3.29. The number of alkyl carbamates (subject to hydrolysis) is 1. The molecule has 6 nitrogen and oxygen atoms in total. The number of carbonyl (C=O) groups excluding carboxylic acids is 3. The zero-order valence-corrected chi connectivity index (χ0v) is 15.9. The van der Waals surface area contributed by atoms with E-state index in [-0.39, 0.29) is 4.47 Å². The second-order valence-corrected chi connectivity index (χ2v) is 7.16. The Morgan fingerprint density at radius 3 is 2.23 bits per heavy atom. The van der Waals surface area contributed by atoms with E-state index in [9.17, 15) is 27.6 Å². The van der Waals surface area contributed by atoms with Crippen molar-refractivity contribution in [3.63, 3.8) is 0 Å². The first-order chi connectivity index (χ1) is 11.8. The summed E-state index contributed by atoms with van der Waals surface area (Å²) in [6.45, 7) is 3.81. The standard InChI is InChI=1S/C16H18BrF3N2O4/c1-15(2,3)26-14(25)22-8-13(24)21-7-12(23)10-5-4-9(17)6-11(10)16(18,19)20/h4-6H,7-8H2,1-3H3,(H,21,24)(H,22,25). The van der Waals surface area contributed by atoms with Crippen LogP contribution in [0.25, 0.3) is 0 Å². The molecule has 0 radical (unpaired) electrons. The Balaban J connectivity index is 2.62. The molecule has 1 rings (SSSR count). The van der Waals surface area contributed by atoms with Gasteiger partial charge in [0, 0.05) is 10.0 Å². The van der Waals surface area contributed by atoms with Crippen LogP contribution in [-0.2, 0) is 15.7 Å². The molecule has 0 aliphatic carbocycles. The summed E-state index contributed by atoms with van der Waals surface area (Å²) in [5, 5.41) is 4.33. The number of amides is 2. The molecule has 0 aromatic heterocycles. The Morgan fingerprint density at radius 1 is 1.08 bits per heavy atom.